The number of rotatable bonds is 3. The van der Waals surface area contributed by atoms with Crippen LogP contribution in [0.1, 0.15) is 35.2 Å². The molecule has 0 aliphatic carbocycles. The maximum absolute atomic E-state index is 14.0. The highest BCUT2D eigenvalue weighted by atomic mass is 19.1. The Morgan fingerprint density at radius 3 is 2.76 bits per heavy atom. The topological polar surface area (TPSA) is 57.6 Å². The van der Waals surface area contributed by atoms with Crippen LogP contribution in [-0.2, 0) is 4.79 Å². The van der Waals surface area contributed by atoms with Gasteiger partial charge in [-0.3, -0.25) is 9.59 Å². The van der Waals surface area contributed by atoms with Crippen LogP contribution in [0.2, 0.25) is 0 Å². The Morgan fingerprint density at radius 2 is 2.10 bits per heavy atom. The van der Waals surface area contributed by atoms with Crippen molar-refractivity contribution in [2.45, 2.75) is 26.2 Å². The minimum atomic E-state index is -0.929. The first kappa shape index (κ1) is 15.4. The zero-order valence-electron chi connectivity index (χ0n) is 11.7. The van der Waals surface area contributed by atoms with Gasteiger partial charge in [0.2, 0.25) is 0 Å². The van der Waals surface area contributed by atoms with Crippen molar-refractivity contribution in [3.63, 3.8) is 0 Å². The van der Waals surface area contributed by atoms with Crippen LogP contribution in [0.3, 0.4) is 0 Å². The number of halogens is 2. The predicted octanol–water partition coefficient (Wildman–Crippen LogP) is 2.60. The second kappa shape index (κ2) is 6.20. The largest absolute Gasteiger partial charge is 0.481 e. The average Bonchev–Trinajstić information content (AvgIpc) is 2.43. The van der Waals surface area contributed by atoms with Crippen molar-refractivity contribution >= 4 is 11.9 Å². The number of carbonyl (C=O) groups excluding carboxylic acids is 1. The molecule has 6 heteroatoms. The van der Waals surface area contributed by atoms with E-state index < -0.39 is 29.1 Å². The molecule has 1 aliphatic rings. The number of hydrogen-bond donors (Lipinski definition) is 1. The predicted molar refractivity (Wildman–Crippen MR) is 72.0 cm³/mol. The third-order valence-electron chi connectivity index (χ3n) is 3.77. The zero-order chi connectivity index (χ0) is 15.6. The van der Waals surface area contributed by atoms with E-state index in [-0.39, 0.29) is 24.4 Å². The normalized spacial score (nSPS) is 18.6. The lowest BCUT2D eigenvalue weighted by Crippen LogP contribution is -2.41. The zero-order valence-corrected chi connectivity index (χ0v) is 11.7. The van der Waals surface area contributed by atoms with Crippen molar-refractivity contribution in [3.8, 4) is 0 Å². The van der Waals surface area contributed by atoms with Crippen molar-refractivity contribution in [3.05, 3.63) is 34.9 Å². The lowest BCUT2D eigenvalue weighted by atomic mass is 9.94. The molecule has 4 nitrogen and oxygen atoms in total. The van der Waals surface area contributed by atoms with Crippen LogP contribution in [0.25, 0.3) is 0 Å². The molecule has 21 heavy (non-hydrogen) atoms. The fourth-order valence-electron chi connectivity index (χ4n) is 2.67. The summed E-state index contributed by atoms with van der Waals surface area (Å²) in [5.41, 5.74) is -0.343. The van der Waals surface area contributed by atoms with E-state index >= 15 is 0 Å². The molecule has 1 heterocycles. The number of carboxylic acid groups (broad SMARTS) is 1. The fourth-order valence-corrected chi connectivity index (χ4v) is 2.67. The smallest absolute Gasteiger partial charge is 0.303 e. The maximum atomic E-state index is 14.0. The molecule has 1 N–H and O–H groups in total. The first-order valence-corrected chi connectivity index (χ1v) is 6.85. The number of aryl methyl sites for hydroxylation is 1. The highest BCUT2D eigenvalue weighted by molar-refractivity contribution is 5.95. The van der Waals surface area contributed by atoms with E-state index in [9.17, 15) is 18.4 Å². The Hall–Kier alpha value is -1.98. The van der Waals surface area contributed by atoms with E-state index in [2.05, 4.69) is 0 Å². The van der Waals surface area contributed by atoms with E-state index in [1.54, 1.807) is 0 Å². The quantitative estimate of drug-likeness (QED) is 0.933. The van der Waals surface area contributed by atoms with Crippen molar-refractivity contribution in [2.75, 3.05) is 13.1 Å². The van der Waals surface area contributed by atoms with Gasteiger partial charge in [-0.05, 0) is 37.3 Å². The van der Waals surface area contributed by atoms with Gasteiger partial charge in [0.1, 0.15) is 17.2 Å². The van der Waals surface area contributed by atoms with Crippen molar-refractivity contribution in [1.82, 2.24) is 4.90 Å². The number of carboxylic acids is 1. The molecule has 1 unspecified atom stereocenters. The summed E-state index contributed by atoms with van der Waals surface area (Å²) in [7, 11) is 0. The van der Waals surface area contributed by atoms with Gasteiger partial charge in [0.05, 0.1) is 0 Å². The Bertz CT molecular complexity index is 574. The minimum Gasteiger partial charge on any atom is -0.481 e. The molecule has 1 fully saturated rings. The molecule has 114 valence electrons. The van der Waals surface area contributed by atoms with Gasteiger partial charge in [-0.2, -0.15) is 0 Å². The summed E-state index contributed by atoms with van der Waals surface area (Å²) in [4.78, 5) is 24.4. The summed E-state index contributed by atoms with van der Waals surface area (Å²) in [6.45, 7) is 2.08. The standard InChI is InChI=1S/C15H17F2NO3/c1-9-4-5-11(16)13(14(9)17)15(21)18-6-2-3-10(8-18)7-12(19)20/h4-5,10H,2-3,6-8H2,1H3,(H,19,20). The third-order valence-corrected chi connectivity index (χ3v) is 3.77. The first-order valence-electron chi connectivity index (χ1n) is 6.85. The molecule has 0 aromatic heterocycles. The number of hydrogen-bond acceptors (Lipinski definition) is 2. The lowest BCUT2D eigenvalue weighted by Gasteiger charge is -2.32. The van der Waals surface area contributed by atoms with Crippen LogP contribution in [-0.4, -0.2) is 35.0 Å². The number of aliphatic carboxylic acids is 1. The van der Waals surface area contributed by atoms with E-state index in [0.717, 1.165) is 6.07 Å². The van der Waals surface area contributed by atoms with Crippen LogP contribution in [0, 0.1) is 24.5 Å². The molecule has 1 aromatic rings. The number of likely N-dealkylation sites (tertiary alicyclic amines) is 1. The van der Waals surface area contributed by atoms with Crippen molar-refractivity contribution in [1.29, 1.82) is 0 Å². The van der Waals surface area contributed by atoms with Crippen LogP contribution in [0.4, 0.5) is 8.78 Å². The molecular formula is C15H17F2NO3. The second-order valence-corrected chi connectivity index (χ2v) is 5.41. The maximum Gasteiger partial charge on any atom is 0.303 e. The van der Waals surface area contributed by atoms with Gasteiger partial charge < -0.3 is 10.0 Å². The molecular weight excluding hydrogens is 280 g/mol. The van der Waals surface area contributed by atoms with E-state index in [1.165, 1.54) is 17.9 Å². The summed E-state index contributed by atoms with van der Waals surface area (Å²) in [6.07, 6.45) is 1.30. The monoisotopic (exact) mass is 297 g/mol. The summed E-state index contributed by atoms with van der Waals surface area (Å²) in [5, 5.41) is 8.81. The van der Waals surface area contributed by atoms with Crippen LogP contribution >= 0.6 is 0 Å². The van der Waals surface area contributed by atoms with Gasteiger partial charge in [0.15, 0.2) is 0 Å². The lowest BCUT2D eigenvalue weighted by molar-refractivity contribution is -0.138. The molecule has 1 aromatic carbocycles. The van der Waals surface area contributed by atoms with Crippen LogP contribution in [0.5, 0.6) is 0 Å². The van der Waals surface area contributed by atoms with Crippen LogP contribution < -0.4 is 0 Å². The summed E-state index contributed by atoms with van der Waals surface area (Å²) in [6, 6.07) is 2.36. The molecule has 0 saturated carbocycles. The summed E-state index contributed by atoms with van der Waals surface area (Å²) in [5.74, 6) is -3.54. The van der Waals surface area contributed by atoms with E-state index in [4.69, 9.17) is 5.11 Å². The molecule has 0 radical (unpaired) electrons. The van der Waals surface area contributed by atoms with E-state index in [0.29, 0.717) is 19.4 Å². The van der Waals surface area contributed by atoms with Crippen LogP contribution in [0.15, 0.2) is 12.1 Å². The van der Waals surface area contributed by atoms with Gasteiger partial charge in [0, 0.05) is 19.5 Å². The molecule has 0 spiro atoms. The van der Waals surface area contributed by atoms with Crippen molar-refractivity contribution in [2.24, 2.45) is 5.92 Å². The van der Waals surface area contributed by atoms with Gasteiger partial charge >= 0.3 is 5.97 Å². The highest BCUT2D eigenvalue weighted by Crippen LogP contribution is 2.24. The summed E-state index contributed by atoms with van der Waals surface area (Å²) >= 11 is 0. The van der Waals surface area contributed by atoms with Gasteiger partial charge in [0.25, 0.3) is 5.91 Å². The number of amides is 1. The SMILES string of the molecule is Cc1ccc(F)c(C(=O)N2CCCC(CC(=O)O)C2)c1F. The third kappa shape index (κ3) is 3.37. The summed E-state index contributed by atoms with van der Waals surface area (Å²) < 4.78 is 27.8. The number of carbonyl (C=O) groups is 2. The minimum absolute atomic E-state index is 0.0391. The number of nitrogens with zero attached hydrogens (tertiary/aromatic N) is 1. The first-order chi connectivity index (χ1) is 9.90. The van der Waals surface area contributed by atoms with Gasteiger partial charge in [-0.15, -0.1) is 0 Å². The average molecular weight is 297 g/mol. The Labute approximate surface area is 121 Å². The second-order valence-electron chi connectivity index (χ2n) is 5.41. The number of benzene rings is 1. The van der Waals surface area contributed by atoms with Crippen molar-refractivity contribution < 1.29 is 23.5 Å². The fraction of sp³-hybridized carbons (Fsp3) is 0.467. The Kier molecular flexibility index (Phi) is 4.55. The molecule has 1 atom stereocenters. The molecule has 1 amide bonds. The van der Waals surface area contributed by atoms with Gasteiger partial charge in [-0.1, -0.05) is 6.07 Å². The molecule has 2 rings (SSSR count). The highest BCUT2D eigenvalue weighted by Gasteiger charge is 2.29. The molecule has 1 aliphatic heterocycles. The van der Waals surface area contributed by atoms with Gasteiger partial charge in [-0.25, -0.2) is 8.78 Å². The Morgan fingerprint density at radius 1 is 1.38 bits per heavy atom. The molecule has 1 saturated heterocycles. The Balaban J connectivity index is 2.20. The molecule has 0 bridgehead atoms. The van der Waals surface area contributed by atoms with E-state index in [1.807, 2.05) is 0 Å². The number of piperidine rings is 1.